The Morgan fingerprint density at radius 1 is 0.239 bits per heavy atom. The van der Waals surface area contributed by atoms with Crippen LogP contribution in [-0.2, 0) is 0 Å². The molecular formula is C45H93N. The first-order valence-electron chi connectivity index (χ1n) is 22.5. The van der Waals surface area contributed by atoms with Crippen LogP contribution in [0.2, 0.25) is 0 Å². The third-order valence-corrected chi connectivity index (χ3v) is 10.9. The van der Waals surface area contributed by atoms with Gasteiger partial charge in [-0.05, 0) is 38.8 Å². The van der Waals surface area contributed by atoms with Crippen LogP contribution in [-0.4, -0.2) is 24.0 Å². The summed E-state index contributed by atoms with van der Waals surface area (Å²) in [5.41, 5.74) is 0. The molecular weight excluding hydrogens is 555 g/mol. The lowest BCUT2D eigenvalue weighted by atomic mass is 9.97. The van der Waals surface area contributed by atoms with Gasteiger partial charge in [-0.3, -0.25) is 0 Å². The summed E-state index contributed by atoms with van der Waals surface area (Å²) in [6.45, 7) is 12.1. The highest BCUT2D eigenvalue weighted by Gasteiger charge is 2.17. The lowest BCUT2D eigenvalue weighted by Crippen LogP contribution is -2.37. The molecule has 1 atom stereocenters. The number of unbranched alkanes of at least 4 members (excludes halogenated alkanes) is 32. The quantitative estimate of drug-likeness (QED) is 0.0597. The highest BCUT2D eigenvalue weighted by Crippen LogP contribution is 2.22. The average Bonchev–Trinajstić information content (AvgIpc) is 3.07. The summed E-state index contributed by atoms with van der Waals surface area (Å²) < 4.78 is 0. The molecule has 0 saturated heterocycles. The molecule has 0 aliphatic heterocycles. The summed E-state index contributed by atoms with van der Waals surface area (Å²) in [4.78, 5) is 3.03. The van der Waals surface area contributed by atoms with Gasteiger partial charge in [-0.15, -0.1) is 0 Å². The van der Waals surface area contributed by atoms with Gasteiger partial charge >= 0.3 is 0 Å². The van der Waals surface area contributed by atoms with E-state index in [9.17, 15) is 0 Å². The van der Waals surface area contributed by atoms with Crippen LogP contribution in [0.3, 0.4) is 0 Å². The fourth-order valence-corrected chi connectivity index (χ4v) is 7.62. The van der Waals surface area contributed by atoms with Gasteiger partial charge in [0.2, 0.25) is 0 Å². The maximum absolute atomic E-state index is 3.03. The number of rotatable bonds is 41. The lowest BCUT2D eigenvalue weighted by molar-refractivity contribution is 0.163. The van der Waals surface area contributed by atoms with Crippen LogP contribution in [0.15, 0.2) is 0 Å². The molecule has 46 heavy (non-hydrogen) atoms. The molecule has 0 aromatic rings. The Kier molecular flexibility index (Phi) is 41.1. The van der Waals surface area contributed by atoms with Crippen LogP contribution in [0, 0.1) is 0 Å². The summed E-state index contributed by atoms with van der Waals surface area (Å²) in [6, 6.07) is 0.859. The minimum atomic E-state index is 0.859. The van der Waals surface area contributed by atoms with Crippen LogP contribution in [0.1, 0.15) is 272 Å². The summed E-state index contributed by atoms with van der Waals surface area (Å²) in [5, 5.41) is 0. The second-order valence-electron chi connectivity index (χ2n) is 15.6. The smallest absolute Gasteiger partial charge is 0.00952 e. The molecule has 0 bridgehead atoms. The highest BCUT2D eigenvalue weighted by molar-refractivity contribution is 4.73. The standard InChI is InChI=1S/C45H93N/c1-5-9-13-17-21-22-23-24-25-26-27-28-30-34-38-42-45(41-37-33-29-18-14-10-6-2)46(43-39-35-31-19-15-11-7-3)44-40-36-32-20-16-12-8-4/h45H,5-44H2,1-4H3. The Labute approximate surface area is 295 Å². The largest absolute Gasteiger partial charge is 0.300 e. The van der Waals surface area contributed by atoms with Crippen molar-refractivity contribution >= 4 is 0 Å². The Morgan fingerprint density at radius 3 is 0.674 bits per heavy atom. The zero-order chi connectivity index (χ0) is 33.4. The second-order valence-corrected chi connectivity index (χ2v) is 15.6. The van der Waals surface area contributed by atoms with E-state index in [4.69, 9.17) is 0 Å². The topological polar surface area (TPSA) is 3.24 Å². The first-order chi connectivity index (χ1) is 22.8. The third kappa shape index (κ3) is 35.3. The van der Waals surface area contributed by atoms with Crippen molar-refractivity contribution in [3.05, 3.63) is 0 Å². The zero-order valence-corrected chi connectivity index (χ0v) is 33.3. The van der Waals surface area contributed by atoms with Crippen molar-refractivity contribution in [3.63, 3.8) is 0 Å². The maximum atomic E-state index is 3.03. The van der Waals surface area contributed by atoms with E-state index in [1.165, 1.54) is 257 Å². The first kappa shape index (κ1) is 46.0. The lowest BCUT2D eigenvalue weighted by Gasteiger charge is -2.32. The molecule has 278 valence electrons. The maximum Gasteiger partial charge on any atom is 0.00952 e. The van der Waals surface area contributed by atoms with Crippen LogP contribution in [0.4, 0.5) is 0 Å². The monoisotopic (exact) mass is 648 g/mol. The van der Waals surface area contributed by atoms with Crippen LogP contribution < -0.4 is 0 Å². The second kappa shape index (κ2) is 41.1. The Bertz CT molecular complexity index is 497. The molecule has 0 rings (SSSR count). The fourth-order valence-electron chi connectivity index (χ4n) is 7.62. The van der Waals surface area contributed by atoms with Gasteiger partial charge in [-0.1, -0.05) is 246 Å². The first-order valence-corrected chi connectivity index (χ1v) is 22.5. The molecule has 0 aliphatic carbocycles. The molecule has 1 unspecified atom stereocenters. The molecule has 0 aliphatic rings. The van der Waals surface area contributed by atoms with E-state index >= 15 is 0 Å². The van der Waals surface area contributed by atoms with E-state index in [-0.39, 0.29) is 0 Å². The Morgan fingerprint density at radius 2 is 0.435 bits per heavy atom. The van der Waals surface area contributed by atoms with Gasteiger partial charge in [0.15, 0.2) is 0 Å². The molecule has 1 nitrogen and oxygen atoms in total. The molecule has 1 heteroatoms. The Balaban J connectivity index is 4.56. The Hall–Kier alpha value is -0.0400. The van der Waals surface area contributed by atoms with Crippen molar-refractivity contribution in [1.29, 1.82) is 0 Å². The minimum Gasteiger partial charge on any atom is -0.300 e. The van der Waals surface area contributed by atoms with Crippen molar-refractivity contribution in [3.8, 4) is 0 Å². The average molecular weight is 648 g/mol. The van der Waals surface area contributed by atoms with Gasteiger partial charge in [0.1, 0.15) is 0 Å². The van der Waals surface area contributed by atoms with Gasteiger partial charge in [0.05, 0.1) is 0 Å². The van der Waals surface area contributed by atoms with Crippen molar-refractivity contribution in [2.75, 3.05) is 13.1 Å². The summed E-state index contributed by atoms with van der Waals surface area (Å²) in [5.74, 6) is 0. The van der Waals surface area contributed by atoms with Gasteiger partial charge in [0, 0.05) is 6.04 Å². The zero-order valence-electron chi connectivity index (χ0n) is 33.3. The van der Waals surface area contributed by atoms with Gasteiger partial charge < -0.3 is 4.90 Å². The summed E-state index contributed by atoms with van der Waals surface area (Å²) in [7, 11) is 0. The van der Waals surface area contributed by atoms with E-state index in [1.807, 2.05) is 0 Å². The normalized spacial score (nSPS) is 12.5. The van der Waals surface area contributed by atoms with E-state index < -0.39 is 0 Å². The summed E-state index contributed by atoms with van der Waals surface area (Å²) in [6.07, 6.45) is 55.4. The van der Waals surface area contributed by atoms with Crippen LogP contribution >= 0.6 is 0 Å². The number of nitrogens with zero attached hydrogens (tertiary/aromatic N) is 1. The van der Waals surface area contributed by atoms with Crippen LogP contribution in [0.5, 0.6) is 0 Å². The molecule has 0 fully saturated rings. The van der Waals surface area contributed by atoms with Crippen molar-refractivity contribution in [2.45, 2.75) is 278 Å². The third-order valence-electron chi connectivity index (χ3n) is 10.9. The van der Waals surface area contributed by atoms with Gasteiger partial charge in [-0.2, -0.15) is 0 Å². The van der Waals surface area contributed by atoms with Crippen LogP contribution in [0.25, 0.3) is 0 Å². The van der Waals surface area contributed by atoms with Crippen molar-refractivity contribution < 1.29 is 0 Å². The highest BCUT2D eigenvalue weighted by atomic mass is 15.1. The molecule has 0 spiro atoms. The molecule has 0 amide bonds. The minimum absolute atomic E-state index is 0.859. The molecule has 0 aromatic heterocycles. The predicted octanol–water partition coefficient (Wildman–Crippen LogP) is 16.6. The molecule has 0 aromatic carbocycles. The SMILES string of the molecule is CCCCCCCCCCCCCCCCCC(CCCCCCCCC)N(CCCCCCCCC)CCCCCCCCC. The van der Waals surface area contributed by atoms with Crippen molar-refractivity contribution in [2.24, 2.45) is 0 Å². The van der Waals surface area contributed by atoms with E-state index in [1.54, 1.807) is 0 Å². The predicted molar refractivity (Wildman–Crippen MR) is 214 cm³/mol. The van der Waals surface area contributed by atoms with Crippen molar-refractivity contribution in [1.82, 2.24) is 4.90 Å². The molecule has 0 saturated carbocycles. The van der Waals surface area contributed by atoms with E-state index in [0.717, 1.165) is 6.04 Å². The molecule has 0 radical (unpaired) electrons. The van der Waals surface area contributed by atoms with Gasteiger partial charge in [-0.25, -0.2) is 0 Å². The molecule has 0 heterocycles. The fraction of sp³-hybridized carbons (Fsp3) is 1.00. The number of hydrogen-bond acceptors (Lipinski definition) is 1. The summed E-state index contributed by atoms with van der Waals surface area (Å²) >= 11 is 0. The van der Waals surface area contributed by atoms with E-state index in [2.05, 4.69) is 32.6 Å². The molecule has 0 N–H and O–H groups in total. The number of hydrogen-bond donors (Lipinski definition) is 0. The van der Waals surface area contributed by atoms with Gasteiger partial charge in [0.25, 0.3) is 0 Å². The van der Waals surface area contributed by atoms with E-state index in [0.29, 0.717) is 0 Å².